The van der Waals surface area contributed by atoms with Crippen LogP contribution < -0.4 is 5.32 Å². The number of rotatable bonds is 4. The van der Waals surface area contributed by atoms with E-state index in [0.29, 0.717) is 4.77 Å². The fourth-order valence-corrected chi connectivity index (χ4v) is 2.43. The Morgan fingerprint density at radius 2 is 2.40 bits per heavy atom. The van der Waals surface area contributed by atoms with Gasteiger partial charge in [-0.1, -0.05) is 6.07 Å². The fraction of sp³-hybridized carbons (Fsp3) is 0.286. The number of aromatic nitrogens is 2. The van der Waals surface area contributed by atoms with Crippen LogP contribution in [0.4, 0.5) is 5.69 Å². The van der Waals surface area contributed by atoms with Gasteiger partial charge in [-0.2, -0.15) is 0 Å². The molecule has 2 N–H and O–H groups in total. The number of anilines is 1. The molecule has 5 nitrogen and oxygen atoms in total. The van der Waals surface area contributed by atoms with Crippen LogP contribution in [0, 0.1) is 10.7 Å². The molecule has 1 amide bonds. The molecular formula is C14H15N3O2S. The summed E-state index contributed by atoms with van der Waals surface area (Å²) >= 11 is 5.18. The largest absolute Gasteiger partial charge is 0.381 e. The third kappa shape index (κ3) is 2.52. The summed E-state index contributed by atoms with van der Waals surface area (Å²) in [4.78, 5) is 14.9. The summed E-state index contributed by atoms with van der Waals surface area (Å²) in [5.74, 6) is -0.0234. The molecule has 1 aromatic carbocycles. The molecule has 0 unspecified atom stereocenters. The molecular weight excluding hydrogens is 274 g/mol. The molecule has 1 aliphatic carbocycles. The van der Waals surface area contributed by atoms with Crippen molar-refractivity contribution < 1.29 is 9.53 Å². The quantitative estimate of drug-likeness (QED) is 0.850. The van der Waals surface area contributed by atoms with Gasteiger partial charge in [0, 0.05) is 30.9 Å². The Morgan fingerprint density at radius 3 is 3.05 bits per heavy atom. The van der Waals surface area contributed by atoms with E-state index in [4.69, 9.17) is 17.0 Å². The molecule has 0 spiro atoms. The number of hydrogen-bond donors (Lipinski definition) is 2. The number of hydrogen-bond acceptors (Lipinski definition) is 3. The average Bonchev–Trinajstić information content (AvgIpc) is 3.13. The maximum atomic E-state index is 12.0. The number of H-pyrrole nitrogens is 1. The number of benzene rings is 1. The minimum atomic E-state index is -0.0296. The number of nitrogens with one attached hydrogen (secondary N) is 2. The summed E-state index contributed by atoms with van der Waals surface area (Å²) in [5.41, 5.74) is 1.67. The van der Waals surface area contributed by atoms with Crippen molar-refractivity contribution in [3.63, 3.8) is 0 Å². The van der Waals surface area contributed by atoms with E-state index in [9.17, 15) is 4.79 Å². The van der Waals surface area contributed by atoms with Crippen molar-refractivity contribution in [2.75, 3.05) is 12.4 Å². The molecule has 104 valence electrons. The van der Waals surface area contributed by atoms with E-state index in [0.717, 1.165) is 17.8 Å². The normalized spacial score (nSPS) is 20.6. The molecule has 1 aliphatic rings. The number of nitrogens with zero attached hydrogens (tertiary/aromatic N) is 1. The molecule has 0 radical (unpaired) electrons. The maximum Gasteiger partial charge on any atom is 0.230 e. The predicted molar refractivity (Wildman–Crippen MR) is 78.5 cm³/mol. The van der Waals surface area contributed by atoms with Crippen molar-refractivity contribution in [3.8, 4) is 5.69 Å². The molecule has 6 heteroatoms. The van der Waals surface area contributed by atoms with Gasteiger partial charge < -0.3 is 15.0 Å². The lowest BCUT2D eigenvalue weighted by Crippen LogP contribution is -2.16. The molecule has 20 heavy (non-hydrogen) atoms. The van der Waals surface area contributed by atoms with Crippen molar-refractivity contribution >= 4 is 23.8 Å². The average molecular weight is 289 g/mol. The summed E-state index contributed by atoms with van der Waals surface area (Å²) < 4.78 is 7.62. The van der Waals surface area contributed by atoms with Gasteiger partial charge in [0.2, 0.25) is 5.91 Å². The molecule has 2 atom stereocenters. The highest BCUT2D eigenvalue weighted by Gasteiger charge is 2.43. The van der Waals surface area contributed by atoms with E-state index in [1.54, 1.807) is 13.3 Å². The highest BCUT2D eigenvalue weighted by Crippen LogP contribution is 2.34. The molecule has 1 heterocycles. The van der Waals surface area contributed by atoms with Crippen LogP contribution in [0.5, 0.6) is 0 Å². The SMILES string of the molecule is CO[C@@H]1C[C@H]1C(=O)Nc1cccc(-n2cc[nH]c2=S)c1. The monoisotopic (exact) mass is 289 g/mol. The fourth-order valence-electron chi connectivity index (χ4n) is 2.20. The number of ether oxygens (including phenoxy) is 1. The van der Waals surface area contributed by atoms with E-state index >= 15 is 0 Å². The zero-order chi connectivity index (χ0) is 14.1. The topological polar surface area (TPSA) is 59.0 Å². The summed E-state index contributed by atoms with van der Waals surface area (Å²) in [6.45, 7) is 0. The van der Waals surface area contributed by atoms with Gasteiger partial charge in [0.15, 0.2) is 4.77 Å². The summed E-state index contributed by atoms with van der Waals surface area (Å²) in [5, 5.41) is 2.91. The van der Waals surface area contributed by atoms with Gasteiger partial charge in [0.25, 0.3) is 0 Å². The highest BCUT2D eigenvalue weighted by atomic mass is 32.1. The summed E-state index contributed by atoms with van der Waals surface area (Å²) in [6.07, 6.45) is 4.49. The number of carbonyl (C=O) groups excluding carboxylic acids is 1. The Balaban J connectivity index is 1.77. The molecule has 1 aromatic heterocycles. The van der Waals surface area contributed by atoms with Crippen LogP contribution in [0.15, 0.2) is 36.7 Å². The Bertz CT molecular complexity index is 691. The first-order chi connectivity index (χ1) is 9.69. The zero-order valence-corrected chi connectivity index (χ0v) is 11.8. The van der Waals surface area contributed by atoms with E-state index in [2.05, 4.69) is 10.3 Å². The van der Waals surface area contributed by atoms with Crippen LogP contribution in [0.1, 0.15) is 6.42 Å². The minimum Gasteiger partial charge on any atom is -0.381 e. The standard InChI is InChI=1S/C14H15N3O2S/c1-19-12-8-11(12)13(18)16-9-3-2-4-10(7-9)17-6-5-15-14(17)20/h2-7,11-12H,8H2,1H3,(H,15,20)(H,16,18)/t11-,12-/m1/s1. The van der Waals surface area contributed by atoms with Crippen LogP contribution in [0.25, 0.3) is 5.69 Å². The number of methoxy groups -OCH3 is 1. The number of amides is 1. The Kier molecular flexibility index (Phi) is 3.42. The van der Waals surface area contributed by atoms with Gasteiger partial charge in [-0.25, -0.2) is 0 Å². The van der Waals surface area contributed by atoms with Gasteiger partial charge in [-0.15, -0.1) is 0 Å². The van der Waals surface area contributed by atoms with Gasteiger partial charge in [0.05, 0.1) is 12.0 Å². The molecule has 2 aromatic rings. The van der Waals surface area contributed by atoms with Gasteiger partial charge in [-0.3, -0.25) is 9.36 Å². The van der Waals surface area contributed by atoms with Gasteiger partial charge in [-0.05, 0) is 36.8 Å². The van der Waals surface area contributed by atoms with E-state index < -0.39 is 0 Å². The Morgan fingerprint density at radius 1 is 1.55 bits per heavy atom. The zero-order valence-electron chi connectivity index (χ0n) is 11.0. The second-order valence-corrected chi connectivity index (χ2v) is 5.18. The number of carbonyl (C=O) groups is 1. The minimum absolute atomic E-state index is 0.00617. The maximum absolute atomic E-state index is 12.0. The van der Waals surface area contributed by atoms with E-state index in [1.807, 2.05) is 35.0 Å². The molecule has 1 fully saturated rings. The third-order valence-electron chi connectivity index (χ3n) is 3.41. The second-order valence-electron chi connectivity index (χ2n) is 4.79. The van der Waals surface area contributed by atoms with E-state index in [-0.39, 0.29) is 17.9 Å². The van der Waals surface area contributed by atoms with Gasteiger partial charge in [0.1, 0.15) is 0 Å². The molecule has 0 bridgehead atoms. The lowest BCUT2D eigenvalue weighted by atomic mass is 10.2. The highest BCUT2D eigenvalue weighted by molar-refractivity contribution is 7.71. The van der Waals surface area contributed by atoms with Crippen LogP contribution in [-0.4, -0.2) is 28.7 Å². The first-order valence-electron chi connectivity index (χ1n) is 6.39. The Hall–Kier alpha value is -1.92. The van der Waals surface area contributed by atoms with Crippen LogP contribution in [-0.2, 0) is 9.53 Å². The third-order valence-corrected chi connectivity index (χ3v) is 3.73. The smallest absolute Gasteiger partial charge is 0.230 e. The molecule has 1 saturated carbocycles. The summed E-state index contributed by atoms with van der Waals surface area (Å²) in [7, 11) is 1.63. The van der Waals surface area contributed by atoms with Crippen molar-refractivity contribution in [3.05, 3.63) is 41.4 Å². The molecule has 0 saturated heterocycles. The van der Waals surface area contributed by atoms with Crippen molar-refractivity contribution in [2.24, 2.45) is 5.92 Å². The van der Waals surface area contributed by atoms with Crippen LogP contribution >= 0.6 is 12.2 Å². The van der Waals surface area contributed by atoms with Gasteiger partial charge >= 0.3 is 0 Å². The Labute approximate surface area is 121 Å². The van der Waals surface area contributed by atoms with Crippen molar-refractivity contribution in [1.82, 2.24) is 9.55 Å². The van der Waals surface area contributed by atoms with E-state index in [1.165, 1.54) is 0 Å². The number of aromatic amines is 1. The second kappa shape index (κ2) is 5.22. The molecule has 0 aliphatic heterocycles. The lowest BCUT2D eigenvalue weighted by molar-refractivity contribution is -0.118. The lowest BCUT2D eigenvalue weighted by Gasteiger charge is -2.08. The van der Waals surface area contributed by atoms with Crippen molar-refractivity contribution in [1.29, 1.82) is 0 Å². The van der Waals surface area contributed by atoms with Crippen LogP contribution in [0.3, 0.4) is 0 Å². The first-order valence-corrected chi connectivity index (χ1v) is 6.80. The van der Waals surface area contributed by atoms with Crippen molar-refractivity contribution in [2.45, 2.75) is 12.5 Å². The predicted octanol–water partition coefficient (Wildman–Crippen LogP) is 2.51. The first kappa shape index (κ1) is 13.1. The molecule has 3 rings (SSSR count). The number of imidazole rings is 1. The van der Waals surface area contributed by atoms with Crippen LogP contribution in [0.2, 0.25) is 0 Å². The summed E-state index contributed by atoms with van der Waals surface area (Å²) in [6, 6.07) is 7.59.